The Hall–Kier alpha value is 0.220. The molecule has 2 heterocycles. The molecule has 0 saturated carbocycles. The highest BCUT2D eigenvalue weighted by molar-refractivity contribution is 5.86. The van der Waals surface area contributed by atoms with Gasteiger partial charge in [0.1, 0.15) is 0 Å². The molecule has 0 aliphatic carbocycles. The number of hydrogen-bond acceptors (Lipinski definition) is 4. The molecule has 0 aromatic carbocycles. The molecule has 2 aliphatic rings. The van der Waals surface area contributed by atoms with E-state index in [2.05, 4.69) is 23.8 Å². The van der Waals surface area contributed by atoms with Gasteiger partial charge in [0.15, 0.2) is 0 Å². The molecular weight excluding hydrogens is 371 g/mol. The topological polar surface area (TPSA) is 52.8 Å². The van der Waals surface area contributed by atoms with E-state index in [0.29, 0.717) is 12.1 Å². The summed E-state index contributed by atoms with van der Waals surface area (Å²) >= 11 is 0. The summed E-state index contributed by atoms with van der Waals surface area (Å²) in [6, 6.07) is 1.08. The zero-order valence-corrected chi connectivity index (χ0v) is 17.4. The molecule has 2 N–H and O–H groups in total. The van der Waals surface area contributed by atoms with Gasteiger partial charge in [0, 0.05) is 31.7 Å². The molecule has 5 nitrogen and oxygen atoms in total. The molecular formula is C16H35Cl3N4O. The lowest BCUT2D eigenvalue weighted by Gasteiger charge is -2.46. The van der Waals surface area contributed by atoms with Crippen LogP contribution in [0.1, 0.15) is 39.0 Å². The van der Waals surface area contributed by atoms with Crippen molar-refractivity contribution < 1.29 is 4.79 Å². The lowest BCUT2D eigenvalue weighted by molar-refractivity contribution is -0.135. The number of piperidine rings is 1. The molecule has 2 aliphatic heterocycles. The molecule has 2 saturated heterocycles. The molecule has 146 valence electrons. The Morgan fingerprint density at radius 3 is 2.25 bits per heavy atom. The van der Waals surface area contributed by atoms with Gasteiger partial charge in [-0.25, -0.2) is 0 Å². The van der Waals surface area contributed by atoms with Crippen molar-refractivity contribution in [1.29, 1.82) is 0 Å². The molecule has 1 amide bonds. The smallest absolute Gasteiger partial charge is 0.236 e. The minimum Gasteiger partial charge on any atom is -0.336 e. The summed E-state index contributed by atoms with van der Waals surface area (Å²) in [5.41, 5.74) is 5.58. The van der Waals surface area contributed by atoms with Crippen LogP contribution in [0.5, 0.6) is 0 Å². The number of piperazine rings is 1. The lowest BCUT2D eigenvalue weighted by Crippen LogP contribution is -2.59. The van der Waals surface area contributed by atoms with E-state index in [-0.39, 0.29) is 49.7 Å². The number of rotatable bonds is 5. The molecule has 1 atom stereocenters. The Kier molecular flexibility index (Phi) is 14.8. The van der Waals surface area contributed by atoms with E-state index >= 15 is 0 Å². The second-order valence-electron chi connectivity index (χ2n) is 6.62. The number of likely N-dealkylation sites (tertiary alicyclic amines) is 1. The highest BCUT2D eigenvalue weighted by atomic mass is 35.5. The van der Waals surface area contributed by atoms with Gasteiger partial charge in [0.2, 0.25) is 5.91 Å². The van der Waals surface area contributed by atoms with Crippen LogP contribution in [0.25, 0.3) is 0 Å². The number of nitrogens with two attached hydrogens (primary N) is 1. The number of carbonyl (C=O) groups excluding carboxylic acids is 1. The van der Waals surface area contributed by atoms with Crippen LogP contribution < -0.4 is 5.73 Å². The molecule has 0 radical (unpaired) electrons. The monoisotopic (exact) mass is 404 g/mol. The summed E-state index contributed by atoms with van der Waals surface area (Å²) in [6.07, 6.45) is 6.03. The third-order valence-corrected chi connectivity index (χ3v) is 5.10. The van der Waals surface area contributed by atoms with Crippen LogP contribution >= 0.6 is 37.2 Å². The van der Waals surface area contributed by atoms with Crippen LogP contribution in [0.4, 0.5) is 0 Å². The van der Waals surface area contributed by atoms with Gasteiger partial charge in [0.05, 0.1) is 6.54 Å². The highest BCUT2D eigenvalue weighted by Crippen LogP contribution is 2.22. The van der Waals surface area contributed by atoms with Crippen molar-refractivity contribution in [3.63, 3.8) is 0 Å². The Bertz CT molecular complexity index is 341. The Morgan fingerprint density at radius 1 is 1.08 bits per heavy atom. The van der Waals surface area contributed by atoms with E-state index in [0.717, 1.165) is 26.1 Å². The average molecular weight is 406 g/mol. The second kappa shape index (κ2) is 13.4. The lowest BCUT2D eigenvalue weighted by atomic mass is 9.99. The number of carbonyl (C=O) groups is 1. The fourth-order valence-electron chi connectivity index (χ4n) is 3.70. The van der Waals surface area contributed by atoms with Gasteiger partial charge < -0.3 is 15.5 Å². The van der Waals surface area contributed by atoms with Crippen molar-refractivity contribution in [2.45, 2.75) is 51.1 Å². The standard InChI is InChI=1S/C16H32N4O.3ClH/c1-3-4-5-15-13-19(10-11-20(15)16(21)12-17)14-6-8-18(2)9-7-14;;;/h14-15H,3-13,17H2,1-2H3;3*1H. The van der Waals surface area contributed by atoms with E-state index in [9.17, 15) is 4.79 Å². The van der Waals surface area contributed by atoms with E-state index in [1.165, 1.54) is 38.8 Å². The predicted molar refractivity (Wildman–Crippen MR) is 108 cm³/mol. The molecule has 0 aromatic heterocycles. The quantitative estimate of drug-likeness (QED) is 0.760. The van der Waals surface area contributed by atoms with Crippen LogP contribution in [0.2, 0.25) is 0 Å². The van der Waals surface area contributed by atoms with Crippen molar-refractivity contribution in [2.75, 3.05) is 46.3 Å². The van der Waals surface area contributed by atoms with Crippen LogP contribution in [-0.4, -0.2) is 79.0 Å². The minimum absolute atomic E-state index is 0. The minimum atomic E-state index is 0. The molecule has 8 heteroatoms. The van der Waals surface area contributed by atoms with Crippen LogP contribution in [0.15, 0.2) is 0 Å². The number of hydrogen-bond donors (Lipinski definition) is 1. The normalized spacial score (nSPS) is 23.0. The maximum Gasteiger partial charge on any atom is 0.236 e. The van der Waals surface area contributed by atoms with Crippen molar-refractivity contribution >= 4 is 43.1 Å². The van der Waals surface area contributed by atoms with Crippen molar-refractivity contribution in [3.05, 3.63) is 0 Å². The predicted octanol–water partition coefficient (Wildman–Crippen LogP) is 2.01. The third kappa shape index (κ3) is 7.22. The van der Waals surface area contributed by atoms with Crippen LogP contribution in [-0.2, 0) is 4.79 Å². The summed E-state index contributed by atoms with van der Waals surface area (Å²) in [5.74, 6) is 0.124. The Balaban J connectivity index is 0. The molecule has 0 aromatic rings. The van der Waals surface area contributed by atoms with Gasteiger partial charge in [-0.3, -0.25) is 9.69 Å². The van der Waals surface area contributed by atoms with E-state index in [4.69, 9.17) is 5.73 Å². The Labute approximate surface area is 165 Å². The molecule has 0 bridgehead atoms. The van der Waals surface area contributed by atoms with Gasteiger partial charge in [-0.15, -0.1) is 37.2 Å². The Morgan fingerprint density at radius 2 is 1.71 bits per heavy atom. The van der Waals surface area contributed by atoms with Crippen molar-refractivity contribution in [3.8, 4) is 0 Å². The summed E-state index contributed by atoms with van der Waals surface area (Å²) in [5, 5.41) is 0. The van der Waals surface area contributed by atoms with Crippen LogP contribution in [0, 0.1) is 0 Å². The molecule has 0 spiro atoms. The van der Waals surface area contributed by atoms with Gasteiger partial charge in [-0.2, -0.15) is 0 Å². The summed E-state index contributed by atoms with van der Waals surface area (Å²) in [6.45, 7) is 7.68. The van der Waals surface area contributed by atoms with Crippen LogP contribution in [0.3, 0.4) is 0 Å². The highest BCUT2D eigenvalue weighted by Gasteiger charge is 2.33. The number of nitrogens with zero attached hydrogens (tertiary/aromatic N) is 3. The van der Waals surface area contributed by atoms with Gasteiger partial charge in [-0.1, -0.05) is 19.8 Å². The average Bonchev–Trinajstić information content (AvgIpc) is 2.52. The zero-order valence-electron chi connectivity index (χ0n) is 15.0. The second-order valence-corrected chi connectivity index (χ2v) is 6.62. The first-order chi connectivity index (χ1) is 10.2. The first kappa shape index (κ1) is 26.4. The zero-order chi connectivity index (χ0) is 15.2. The fourth-order valence-corrected chi connectivity index (χ4v) is 3.70. The third-order valence-electron chi connectivity index (χ3n) is 5.10. The maximum atomic E-state index is 12.0. The van der Waals surface area contributed by atoms with Gasteiger partial charge in [0.25, 0.3) is 0 Å². The van der Waals surface area contributed by atoms with Gasteiger partial charge >= 0.3 is 0 Å². The van der Waals surface area contributed by atoms with Gasteiger partial charge in [-0.05, 0) is 39.4 Å². The summed E-state index contributed by atoms with van der Waals surface area (Å²) in [7, 11) is 2.21. The van der Waals surface area contributed by atoms with E-state index < -0.39 is 0 Å². The fraction of sp³-hybridized carbons (Fsp3) is 0.938. The number of unbranched alkanes of at least 4 members (excludes halogenated alkanes) is 1. The number of halogens is 3. The first-order valence-corrected chi connectivity index (χ1v) is 8.57. The maximum absolute atomic E-state index is 12.0. The molecule has 24 heavy (non-hydrogen) atoms. The first-order valence-electron chi connectivity index (χ1n) is 8.57. The molecule has 2 rings (SSSR count). The SMILES string of the molecule is CCCCC1CN(C2CCN(C)CC2)CCN1C(=O)CN.Cl.Cl.Cl. The van der Waals surface area contributed by atoms with Crippen molar-refractivity contribution in [1.82, 2.24) is 14.7 Å². The van der Waals surface area contributed by atoms with Crippen molar-refractivity contribution in [2.24, 2.45) is 5.73 Å². The summed E-state index contributed by atoms with van der Waals surface area (Å²) in [4.78, 5) is 19.1. The molecule has 2 fully saturated rings. The van der Waals surface area contributed by atoms with E-state index in [1.54, 1.807) is 0 Å². The summed E-state index contributed by atoms with van der Waals surface area (Å²) < 4.78 is 0. The number of amides is 1. The largest absolute Gasteiger partial charge is 0.336 e. The molecule has 1 unspecified atom stereocenters. The van der Waals surface area contributed by atoms with E-state index in [1.807, 2.05) is 4.90 Å².